The van der Waals surface area contributed by atoms with E-state index in [-0.39, 0.29) is 41.2 Å². The number of fused-ring (bicyclic) bond motifs is 1. The van der Waals surface area contributed by atoms with Crippen molar-refractivity contribution < 1.29 is 14.1 Å². The van der Waals surface area contributed by atoms with Gasteiger partial charge in [-0.3, -0.25) is 19.5 Å². The number of nitro benzene ring substituents is 1. The van der Waals surface area contributed by atoms with E-state index in [0.717, 1.165) is 10.1 Å². The van der Waals surface area contributed by atoms with Crippen molar-refractivity contribution in [1.82, 2.24) is 9.88 Å². The van der Waals surface area contributed by atoms with Gasteiger partial charge in [0.2, 0.25) is 5.91 Å². The number of rotatable bonds is 7. The van der Waals surface area contributed by atoms with Gasteiger partial charge in [0.15, 0.2) is 5.58 Å². The summed E-state index contributed by atoms with van der Waals surface area (Å²) in [4.78, 5) is 35.4. The Morgan fingerprint density at radius 1 is 1.10 bits per heavy atom. The smallest absolute Gasteiger partial charge is 0.408 e. The highest BCUT2D eigenvalue weighted by atomic mass is 16.6. The predicted molar refractivity (Wildman–Crippen MR) is 113 cm³/mol. The minimum atomic E-state index is -0.733. The lowest BCUT2D eigenvalue weighted by atomic mass is 9.93. The Morgan fingerprint density at radius 3 is 2.30 bits per heavy atom. The van der Waals surface area contributed by atoms with Crippen molar-refractivity contribution in [1.29, 1.82) is 0 Å². The van der Waals surface area contributed by atoms with Gasteiger partial charge in [-0.2, -0.15) is 0 Å². The molecule has 0 aliphatic carbocycles. The number of hydrogen-bond acceptors (Lipinski definition) is 5. The number of nitro groups is 1. The molecule has 0 aliphatic rings. The molecule has 0 aliphatic heterocycles. The van der Waals surface area contributed by atoms with Gasteiger partial charge >= 0.3 is 5.76 Å². The fourth-order valence-electron chi connectivity index (χ4n) is 3.40. The van der Waals surface area contributed by atoms with Crippen LogP contribution >= 0.6 is 0 Å². The number of amides is 1. The number of carbonyl (C=O) groups is 1. The molecule has 3 aromatic rings. The Morgan fingerprint density at radius 2 is 1.73 bits per heavy atom. The molecule has 0 spiro atoms. The molecule has 8 nitrogen and oxygen atoms in total. The molecule has 1 heterocycles. The number of benzene rings is 2. The first-order valence-corrected chi connectivity index (χ1v) is 9.84. The fourth-order valence-corrected chi connectivity index (χ4v) is 3.40. The van der Waals surface area contributed by atoms with E-state index in [1.165, 1.54) is 23.8 Å². The van der Waals surface area contributed by atoms with Gasteiger partial charge in [-0.1, -0.05) is 52.0 Å². The van der Waals surface area contributed by atoms with Gasteiger partial charge in [0.05, 0.1) is 16.5 Å². The third kappa shape index (κ3) is 4.42. The van der Waals surface area contributed by atoms with Crippen LogP contribution in [0.25, 0.3) is 11.1 Å². The topological polar surface area (TPSA) is 107 Å². The average Bonchev–Trinajstić information content (AvgIpc) is 3.00. The van der Waals surface area contributed by atoms with Crippen molar-refractivity contribution in [2.45, 2.75) is 46.2 Å². The lowest BCUT2D eigenvalue weighted by Gasteiger charge is -2.23. The lowest BCUT2D eigenvalue weighted by Crippen LogP contribution is -2.35. The van der Waals surface area contributed by atoms with Crippen LogP contribution in [0.2, 0.25) is 0 Å². The van der Waals surface area contributed by atoms with E-state index in [1.807, 2.05) is 26.0 Å². The summed E-state index contributed by atoms with van der Waals surface area (Å²) in [5.74, 6) is -0.574. The fraction of sp³-hybridized carbons (Fsp3) is 0.364. The molecule has 2 aromatic carbocycles. The summed E-state index contributed by atoms with van der Waals surface area (Å²) in [7, 11) is 0. The Labute approximate surface area is 173 Å². The second-order valence-corrected chi connectivity index (χ2v) is 7.97. The molecule has 1 N–H and O–H groups in total. The summed E-state index contributed by atoms with van der Waals surface area (Å²) in [6.45, 7) is 7.95. The summed E-state index contributed by atoms with van der Waals surface area (Å²) in [6, 6.07) is 11.7. The van der Waals surface area contributed by atoms with Gasteiger partial charge in [0, 0.05) is 12.1 Å². The van der Waals surface area contributed by atoms with Crippen LogP contribution in [0.4, 0.5) is 5.69 Å². The molecule has 0 saturated heterocycles. The van der Waals surface area contributed by atoms with Gasteiger partial charge < -0.3 is 9.73 Å². The number of aromatic nitrogens is 1. The zero-order valence-corrected chi connectivity index (χ0v) is 17.4. The second kappa shape index (κ2) is 8.52. The molecule has 1 atom stereocenters. The minimum Gasteiger partial charge on any atom is -0.408 e. The van der Waals surface area contributed by atoms with Crippen LogP contribution < -0.4 is 11.1 Å². The Bertz CT molecular complexity index is 1130. The van der Waals surface area contributed by atoms with Crippen LogP contribution in [-0.4, -0.2) is 15.4 Å². The van der Waals surface area contributed by atoms with Gasteiger partial charge in [-0.15, -0.1) is 0 Å². The molecule has 1 amide bonds. The molecule has 30 heavy (non-hydrogen) atoms. The van der Waals surface area contributed by atoms with E-state index in [2.05, 4.69) is 31.3 Å². The average molecular weight is 411 g/mol. The van der Waals surface area contributed by atoms with Crippen molar-refractivity contribution in [2.75, 3.05) is 0 Å². The first kappa shape index (κ1) is 21.3. The third-order valence-corrected chi connectivity index (χ3v) is 5.11. The first-order valence-electron chi connectivity index (χ1n) is 9.84. The van der Waals surface area contributed by atoms with Crippen molar-refractivity contribution in [3.8, 4) is 0 Å². The summed E-state index contributed by atoms with van der Waals surface area (Å²) in [6.07, 6.45) is 0. The molecule has 0 bridgehead atoms. The Kier molecular flexibility index (Phi) is 6.05. The van der Waals surface area contributed by atoms with E-state index < -0.39 is 10.7 Å². The van der Waals surface area contributed by atoms with Gasteiger partial charge in [0.1, 0.15) is 6.54 Å². The van der Waals surface area contributed by atoms with Crippen molar-refractivity contribution >= 4 is 22.7 Å². The maximum Gasteiger partial charge on any atom is 0.420 e. The summed E-state index contributed by atoms with van der Waals surface area (Å²) in [5.41, 5.74) is 2.42. The van der Waals surface area contributed by atoms with Crippen LogP contribution in [0.15, 0.2) is 51.7 Å². The van der Waals surface area contributed by atoms with E-state index in [4.69, 9.17) is 4.42 Å². The molecular formula is C22H25N3O5. The summed E-state index contributed by atoms with van der Waals surface area (Å²) in [5, 5.41) is 14.0. The number of oxazole rings is 1. The highest BCUT2D eigenvalue weighted by Crippen LogP contribution is 2.24. The molecule has 158 valence electrons. The van der Waals surface area contributed by atoms with Gasteiger partial charge in [0.25, 0.3) is 5.69 Å². The van der Waals surface area contributed by atoms with E-state index >= 15 is 0 Å². The summed E-state index contributed by atoms with van der Waals surface area (Å²) < 4.78 is 6.22. The van der Waals surface area contributed by atoms with Crippen molar-refractivity contribution in [3.63, 3.8) is 0 Å². The molecule has 1 aromatic heterocycles. The van der Waals surface area contributed by atoms with Crippen LogP contribution in [0.3, 0.4) is 0 Å². The van der Waals surface area contributed by atoms with Crippen LogP contribution in [0, 0.1) is 16.0 Å². The van der Waals surface area contributed by atoms with Crippen molar-refractivity contribution in [3.05, 3.63) is 74.3 Å². The van der Waals surface area contributed by atoms with Crippen LogP contribution in [0.5, 0.6) is 0 Å². The number of carbonyl (C=O) groups excluding carboxylic acids is 1. The van der Waals surface area contributed by atoms with Crippen LogP contribution in [-0.2, 0) is 11.3 Å². The van der Waals surface area contributed by atoms with Gasteiger partial charge in [-0.25, -0.2) is 4.79 Å². The predicted octanol–water partition coefficient (Wildman–Crippen LogP) is 4.14. The monoisotopic (exact) mass is 411 g/mol. The zero-order chi connectivity index (χ0) is 22.0. The molecule has 0 unspecified atom stereocenters. The standard InChI is InChI=1S/C22H25N3O5/c1-13(2)15-5-7-16(8-6-15)21(14(3)4)23-20(26)12-24-18-11-17(25(28)29)9-10-19(18)30-22(24)27/h5-11,13-14,21H,12H2,1-4H3,(H,23,26)/t21-/m1/s1. The maximum atomic E-state index is 12.7. The largest absolute Gasteiger partial charge is 0.420 e. The number of non-ortho nitro benzene ring substituents is 1. The summed E-state index contributed by atoms with van der Waals surface area (Å²) >= 11 is 0. The third-order valence-electron chi connectivity index (χ3n) is 5.11. The molecule has 8 heteroatoms. The van der Waals surface area contributed by atoms with E-state index in [0.29, 0.717) is 5.92 Å². The normalized spacial score (nSPS) is 12.5. The highest BCUT2D eigenvalue weighted by Gasteiger charge is 2.21. The molecule has 0 radical (unpaired) electrons. The van der Waals surface area contributed by atoms with E-state index in [9.17, 15) is 19.7 Å². The number of nitrogens with zero attached hydrogens (tertiary/aromatic N) is 2. The lowest BCUT2D eigenvalue weighted by molar-refractivity contribution is -0.384. The second-order valence-electron chi connectivity index (χ2n) is 7.97. The van der Waals surface area contributed by atoms with Crippen LogP contribution in [0.1, 0.15) is 50.8 Å². The molecule has 0 fully saturated rings. The number of nitrogens with one attached hydrogen (secondary N) is 1. The van der Waals surface area contributed by atoms with Crippen molar-refractivity contribution in [2.24, 2.45) is 5.92 Å². The Balaban J connectivity index is 1.84. The first-order chi connectivity index (χ1) is 14.2. The SMILES string of the molecule is CC(C)c1ccc([C@H](NC(=O)Cn2c(=O)oc3ccc([N+](=O)[O-])cc32)C(C)C)cc1. The van der Waals surface area contributed by atoms with Gasteiger partial charge in [-0.05, 0) is 29.0 Å². The highest BCUT2D eigenvalue weighted by molar-refractivity contribution is 5.81. The number of hydrogen-bond donors (Lipinski definition) is 1. The maximum absolute atomic E-state index is 12.7. The molecule has 3 rings (SSSR count). The zero-order valence-electron chi connectivity index (χ0n) is 17.4. The quantitative estimate of drug-likeness (QED) is 0.464. The Hall–Kier alpha value is -3.42. The van der Waals surface area contributed by atoms with E-state index in [1.54, 1.807) is 0 Å². The molecular weight excluding hydrogens is 386 g/mol. The molecule has 0 saturated carbocycles. The minimum absolute atomic E-state index is 0.123.